The van der Waals surface area contributed by atoms with Crippen molar-refractivity contribution in [3.63, 3.8) is 0 Å². The van der Waals surface area contributed by atoms with Crippen molar-refractivity contribution in [1.82, 2.24) is 4.90 Å². The van der Waals surface area contributed by atoms with Gasteiger partial charge in [0.1, 0.15) is 18.8 Å². The quantitative estimate of drug-likeness (QED) is 0.110. The minimum absolute atomic E-state index is 0.00350. The molecule has 0 aromatic heterocycles. The maximum atomic E-state index is 14.5. The van der Waals surface area contributed by atoms with E-state index in [2.05, 4.69) is 0 Å². The predicted octanol–water partition coefficient (Wildman–Crippen LogP) is 5.76. The van der Waals surface area contributed by atoms with E-state index in [9.17, 15) is 24.0 Å². The van der Waals surface area contributed by atoms with Crippen LogP contribution in [0.15, 0.2) is 84.9 Å². The molecule has 0 bridgehead atoms. The first-order valence-electron chi connectivity index (χ1n) is 14.9. The highest BCUT2D eigenvalue weighted by molar-refractivity contribution is 6.22. The summed E-state index contributed by atoms with van der Waals surface area (Å²) in [6.45, 7) is 7.40. The van der Waals surface area contributed by atoms with Crippen molar-refractivity contribution in [3.8, 4) is 0 Å². The number of fused-ring (bicyclic) bond motifs is 1. The molecule has 2 amide bonds. The standard InChI is InChI=1S/C36H39NO8/c1-24(2)20-29(32(40)43-21-25-14-8-6-9-15-25)36(34(42)45-35(3,4)5,33(41)44-22-26-16-10-7-11-17-26)23-37-30(38)27-18-12-13-19-28(27)31(37)39/h6-19,24,29H,20-23H2,1-5H3/t29-,36?/m0/s1. The molecule has 1 unspecified atom stereocenters. The van der Waals surface area contributed by atoms with Gasteiger partial charge in [-0.3, -0.25) is 28.9 Å². The van der Waals surface area contributed by atoms with E-state index in [-0.39, 0.29) is 36.7 Å². The Morgan fingerprint density at radius 3 is 1.62 bits per heavy atom. The number of rotatable bonds is 12. The maximum Gasteiger partial charge on any atom is 0.326 e. The molecule has 0 aliphatic carbocycles. The summed E-state index contributed by atoms with van der Waals surface area (Å²) in [5.74, 6) is -6.12. The van der Waals surface area contributed by atoms with Crippen LogP contribution in [0.2, 0.25) is 0 Å². The van der Waals surface area contributed by atoms with Crippen molar-refractivity contribution < 1.29 is 38.2 Å². The SMILES string of the molecule is CC(C)C[C@@H](C(=O)OCc1ccccc1)C(CN1C(=O)c2ccccc2C1=O)(C(=O)OCc1ccccc1)C(=O)OC(C)(C)C. The third kappa shape index (κ3) is 7.66. The van der Waals surface area contributed by atoms with E-state index in [1.54, 1.807) is 87.5 Å². The molecule has 0 N–H and O–H groups in total. The highest BCUT2D eigenvalue weighted by atomic mass is 16.6. The van der Waals surface area contributed by atoms with Crippen LogP contribution in [0.5, 0.6) is 0 Å². The van der Waals surface area contributed by atoms with Crippen LogP contribution in [0.4, 0.5) is 0 Å². The highest BCUT2D eigenvalue weighted by Gasteiger charge is 2.61. The average molecular weight is 614 g/mol. The van der Waals surface area contributed by atoms with Crippen LogP contribution in [0.1, 0.15) is 72.9 Å². The number of imide groups is 1. The summed E-state index contributed by atoms with van der Waals surface area (Å²) in [5, 5.41) is 0. The number of nitrogens with zero attached hydrogens (tertiary/aromatic N) is 1. The molecule has 0 saturated heterocycles. The van der Waals surface area contributed by atoms with Gasteiger partial charge in [-0.2, -0.15) is 0 Å². The van der Waals surface area contributed by atoms with E-state index in [1.807, 2.05) is 19.9 Å². The molecule has 2 atom stereocenters. The lowest BCUT2D eigenvalue weighted by atomic mass is 9.70. The van der Waals surface area contributed by atoms with E-state index in [0.717, 1.165) is 4.90 Å². The summed E-state index contributed by atoms with van der Waals surface area (Å²) in [6, 6.07) is 24.0. The van der Waals surface area contributed by atoms with Gasteiger partial charge >= 0.3 is 17.9 Å². The lowest BCUT2D eigenvalue weighted by Crippen LogP contribution is -2.59. The molecule has 4 rings (SSSR count). The van der Waals surface area contributed by atoms with Crippen LogP contribution in [0, 0.1) is 17.3 Å². The number of esters is 3. The molecule has 9 nitrogen and oxygen atoms in total. The van der Waals surface area contributed by atoms with Gasteiger partial charge in [0.25, 0.3) is 11.8 Å². The second-order valence-corrected chi connectivity index (χ2v) is 12.6. The number of benzene rings is 3. The Morgan fingerprint density at radius 2 is 1.16 bits per heavy atom. The molecule has 1 aliphatic heterocycles. The number of ether oxygens (including phenoxy) is 3. The Bertz CT molecular complexity index is 1510. The summed E-state index contributed by atoms with van der Waals surface area (Å²) in [4.78, 5) is 71.0. The Kier molecular flexibility index (Phi) is 10.2. The Morgan fingerprint density at radius 1 is 0.689 bits per heavy atom. The van der Waals surface area contributed by atoms with Crippen LogP contribution in [-0.4, -0.2) is 46.8 Å². The lowest BCUT2D eigenvalue weighted by molar-refractivity contribution is -0.192. The summed E-state index contributed by atoms with van der Waals surface area (Å²) in [6.07, 6.45) is -0.00350. The van der Waals surface area contributed by atoms with Crippen molar-refractivity contribution >= 4 is 29.7 Å². The molecule has 0 radical (unpaired) electrons. The number of carbonyl (C=O) groups excluding carboxylic acids is 5. The molecule has 9 heteroatoms. The van der Waals surface area contributed by atoms with Gasteiger partial charge in [0.05, 0.1) is 23.6 Å². The molecular weight excluding hydrogens is 574 g/mol. The second kappa shape index (κ2) is 13.9. The van der Waals surface area contributed by atoms with Crippen LogP contribution < -0.4 is 0 Å². The molecule has 3 aromatic carbocycles. The van der Waals surface area contributed by atoms with Gasteiger partial charge < -0.3 is 14.2 Å². The molecule has 3 aromatic rings. The van der Waals surface area contributed by atoms with Gasteiger partial charge in [0.2, 0.25) is 0 Å². The van der Waals surface area contributed by atoms with Gasteiger partial charge in [-0.15, -0.1) is 0 Å². The van der Waals surface area contributed by atoms with E-state index < -0.39 is 53.2 Å². The summed E-state index contributed by atoms with van der Waals surface area (Å²) >= 11 is 0. The second-order valence-electron chi connectivity index (χ2n) is 12.6. The molecule has 1 heterocycles. The van der Waals surface area contributed by atoms with Crippen LogP contribution in [-0.2, 0) is 41.8 Å². The summed E-state index contributed by atoms with van der Waals surface area (Å²) in [5.41, 5.74) is -1.95. The number of amides is 2. The fourth-order valence-electron chi connectivity index (χ4n) is 5.26. The van der Waals surface area contributed by atoms with Gasteiger partial charge in [0.15, 0.2) is 5.41 Å². The zero-order valence-electron chi connectivity index (χ0n) is 26.3. The molecule has 0 saturated carbocycles. The Balaban J connectivity index is 1.84. The normalized spacial score (nSPS) is 14.8. The van der Waals surface area contributed by atoms with Gasteiger partial charge in [-0.05, 0) is 56.4 Å². The molecule has 0 fully saturated rings. The maximum absolute atomic E-state index is 14.5. The van der Waals surface area contributed by atoms with Crippen molar-refractivity contribution in [2.75, 3.05) is 6.54 Å². The smallest absolute Gasteiger partial charge is 0.326 e. The molecule has 236 valence electrons. The van der Waals surface area contributed by atoms with Gasteiger partial charge in [0, 0.05) is 0 Å². The monoisotopic (exact) mass is 613 g/mol. The fourth-order valence-corrected chi connectivity index (χ4v) is 5.26. The zero-order valence-corrected chi connectivity index (χ0v) is 26.3. The molecular formula is C36H39NO8. The first-order chi connectivity index (χ1) is 21.3. The number of hydrogen-bond donors (Lipinski definition) is 0. The highest BCUT2D eigenvalue weighted by Crippen LogP contribution is 2.41. The van der Waals surface area contributed by atoms with E-state index in [4.69, 9.17) is 14.2 Å². The van der Waals surface area contributed by atoms with Crippen LogP contribution in [0.3, 0.4) is 0 Å². The first kappa shape index (κ1) is 33.1. The van der Waals surface area contributed by atoms with E-state index >= 15 is 0 Å². The van der Waals surface area contributed by atoms with Gasteiger partial charge in [-0.1, -0.05) is 86.6 Å². The fraction of sp³-hybridized carbons (Fsp3) is 0.361. The topological polar surface area (TPSA) is 116 Å². The van der Waals surface area contributed by atoms with E-state index in [0.29, 0.717) is 11.1 Å². The number of carbonyl (C=O) groups is 5. The molecule has 45 heavy (non-hydrogen) atoms. The minimum Gasteiger partial charge on any atom is -0.461 e. The van der Waals surface area contributed by atoms with E-state index in [1.165, 1.54) is 12.1 Å². The lowest BCUT2D eigenvalue weighted by Gasteiger charge is -2.39. The largest absolute Gasteiger partial charge is 0.461 e. The first-order valence-corrected chi connectivity index (χ1v) is 14.9. The van der Waals surface area contributed by atoms with Crippen molar-refractivity contribution in [2.24, 2.45) is 17.3 Å². The predicted molar refractivity (Wildman–Crippen MR) is 166 cm³/mol. The average Bonchev–Trinajstić information content (AvgIpc) is 3.24. The van der Waals surface area contributed by atoms with Crippen molar-refractivity contribution in [2.45, 2.75) is 59.9 Å². The van der Waals surface area contributed by atoms with Crippen molar-refractivity contribution in [3.05, 3.63) is 107 Å². The third-order valence-electron chi connectivity index (χ3n) is 7.44. The van der Waals surface area contributed by atoms with Crippen molar-refractivity contribution in [1.29, 1.82) is 0 Å². The third-order valence-corrected chi connectivity index (χ3v) is 7.44. The summed E-state index contributed by atoms with van der Waals surface area (Å²) < 4.78 is 17.3. The summed E-state index contributed by atoms with van der Waals surface area (Å²) in [7, 11) is 0. The molecule has 1 aliphatic rings. The molecule has 0 spiro atoms. The Labute approximate surface area is 263 Å². The van der Waals surface area contributed by atoms with Crippen LogP contribution >= 0.6 is 0 Å². The van der Waals surface area contributed by atoms with Gasteiger partial charge in [-0.25, -0.2) is 0 Å². The van der Waals surface area contributed by atoms with Crippen LogP contribution in [0.25, 0.3) is 0 Å². The Hall–Kier alpha value is -4.79. The number of hydrogen-bond acceptors (Lipinski definition) is 8. The zero-order chi connectivity index (χ0) is 32.8. The minimum atomic E-state index is -2.45.